The number of nitriles is 1. The second kappa shape index (κ2) is 8.29. The highest BCUT2D eigenvalue weighted by molar-refractivity contribution is 5.68. The monoisotopic (exact) mass is 405 g/mol. The number of anilines is 2. The Morgan fingerprint density at radius 2 is 1.73 bits per heavy atom. The summed E-state index contributed by atoms with van der Waals surface area (Å²) in [7, 11) is 1.45. The molecule has 1 aromatic heterocycles. The van der Waals surface area contributed by atoms with E-state index in [-0.39, 0.29) is 16.9 Å². The minimum absolute atomic E-state index is 0.0687. The molecule has 1 saturated heterocycles. The molecule has 0 N–H and O–H groups in total. The van der Waals surface area contributed by atoms with Gasteiger partial charge in [-0.3, -0.25) is 0 Å². The Morgan fingerprint density at radius 1 is 1.03 bits per heavy atom. The Bertz CT molecular complexity index is 1150. The van der Waals surface area contributed by atoms with E-state index in [0.29, 0.717) is 24.5 Å². The summed E-state index contributed by atoms with van der Waals surface area (Å²) in [6, 6.07) is 17.9. The summed E-state index contributed by atoms with van der Waals surface area (Å²) in [5, 5.41) is 9.51. The lowest BCUT2D eigenvalue weighted by atomic mass is 10.1. The molecule has 2 aromatic carbocycles. The summed E-state index contributed by atoms with van der Waals surface area (Å²) >= 11 is 0. The predicted molar refractivity (Wildman–Crippen MR) is 113 cm³/mol. The molecule has 2 heterocycles. The number of hydrogen-bond donors (Lipinski definition) is 0. The highest BCUT2D eigenvalue weighted by atomic mass is 19.1. The lowest BCUT2D eigenvalue weighted by Gasteiger charge is -2.37. The standard InChI is InChI=1S/C23H20FN3O3/c1-29-17-7-8-18(20(24)13-17)22-14-21(19(15-25)23(28)30-22)27-11-9-26(10-12-27)16-5-3-2-4-6-16/h2-8,13-14H,9-12H2,1H3. The van der Waals surface area contributed by atoms with Crippen LogP contribution >= 0.6 is 0 Å². The molecule has 0 bridgehead atoms. The average molecular weight is 405 g/mol. The molecule has 152 valence electrons. The van der Waals surface area contributed by atoms with E-state index in [2.05, 4.69) is 17.0 Å². The molecule has 1 aliphatic heterocycles. The van der Waals surface area contributed by atoms with Gasteiger partial charge in [-0.25, -0.2) is 9.18 Å². The molecule has 4 rings (SSSR count). The van der Waals surface area contributed by atoms with Gasteiger partial charge in [-0.1, -0.05) is 18.2 Å². The van der Waals surface area contributed by atoms with Crippen molar-refractivity contribution in [3.63, 3.8) is 0 Å². The lowest BCUT2D eigenvalue weighted by Crippen LogP contribution is -2.47. The summed E-state index contributed by atoms with van der Waals surface area (Å²) in [4.78, 5) is 16.7. The molecular formula is C23H20FN3O3. The smallest absolute Gasteiger partial charge is 0.356 e. The summed E-state index contributed by atoms with van der Waals surface area (Å²) in [6.07, 6.45) is 0. The van der Waals surface area contributed by atoms with Crippen molar-refractivity contribution in [2.75, 3.05) is 43.1 Å². The quantitative estimate of drug-likeness (QED) is 0.660. The maximum absolute atomic E-state index is 14.5. The zero-order valence-electron chi connectivity index (χ0n) is 16.5. The number of halogens is 1. The lowest BCUT2D eigenvalue weighted by molar-refractivity contribution is 0.411. The van der Waals surface area contributed by atoms with Crippen LogP contribution in [0.3, 0.4) is 0 Å². The van der Waals surface area contributed by atoms with Crippen LogP contribution in [0.4, 0.5) is 15.8 Å². The molecule has 1 fully saturated rings. The van der Waals surface area contributed by atoms with Crippen LogP contribution in [0.5, 0.6) is 5.75 Å². The van der Waals surface area contributed by atoms with Crippen LogP contribution in [-0.2, 0) is 0 Å². The Hall–Kier alpha value is -3.79. The first-order valence-corrected chi connectivity index (χ1v) is 9.58. The van der Waals surface area contributed by atoms with Crippen molar-refractivity contribution in [1.29, 1.82) is 5.26 Å². The van der Waals surface area contributed by atoms with Gasteiger partial charge >= 0.3 is 5.63 Å². The molecule has 30 heavy (non-hydrogen) atoms. The maximum Gasteiger partial charge on any atom is 0.356 e. The molecule has 7 heteroatoms. The van der Waals surface area contributed by atoms with Gasteiger partial charge in [-0.15, -0.1) is 0 Å². The van der Waals surface area contributed by atoms with Crippen LogP contribution in [0, 0.1) is 17.1 Å². The molecule has 0 spiro atoms. The van der Waals surface area contributed by atoms with Gasteiger partial charge in [-0.2, -0.15) is 5.26 Å². The van der Waals surface area contributed by atoms with Gasteiger partial charge < -0.3 is 19.0 Å². The van der Waals surface area contributed by atoms with Gasteiger partial charge in [0.15, 0.2) is 5.56 Å². The predicted octanol–water partition coefficient (Wildman–Crippen LogP) is 3.65. The van der Waals surface area contributed by atoms with Crippen molar-refractivity contribution in [2.45, 2.75) is 0 Å². The Morgan fingerprint density at radius 3 is 2.37 bits per heavy atom. The number of piperazine rings is 1. The largest absolute Gasteiger partial charge is 0.497 e. The van der Waals surface area contributed by atoms with Crippen molar-refractivity contribution in [3.8, 4) is 23.1 Å². The molecule has 0 radical (unpaired) electrons. The minimum Gasteiger partial charge on any atom is -0.497 e. The van der Waals surface area contributed by atoms with Gasteiger partial charge in [0, 0.05) is 44.0 Å². The number of ether oxygens (including phenoxy) is 1. The zero-order valence-corrected chi connectivity index (χ0v) is 16.5. The fraction of sp³-hybridized carbons (Fsp3) is 0.217. The van der Waals surface area contributed by atoms with E-state index in [0.717, 1.165) is 18.8 Å². The van der Waals surface area contributed by atoms with E-state index in [4.69, 9.17) is 9.15 Å². The number of rotatable bonds is 4. The van der Waals surface area contributed by atoms with Gasteiger partial charge in [0.25, 0.3) is 0 Å². The van der Waals surface area contributed by atoms with E-state index < -0.39 is 11.4 Å². The van der Waals surface area contributed by atoms with Crippen LogP contribution < -0.4 is 20.2 Å². The molecule has 1 aliphatic rings. The van der Waals surface area contributed by atoms with Gasteiger partial charge in [-0.05, 0) is 24.3 Å². The topological polar surface area (TPSA) is 69.7 Å². The molecule has 0 aliphatic carbocycles. The average Bonchev–Trinajstić information content (AvgIpc) is 2.79. The zero-order chi connectivity index (χ0) is 21.1. The van der Waals surface area contributed by atoms with E-state index >= 15 is 0 Å². The highest BCUT2D eigenvalue weighted by Gasteiger charge is 2.23. The van der Waals surface area contributed by atoms with E-state index in [9.17, 15) is 14.4 Å². The fourth-order valence-corrected chi connectivity index (χ4v) is 3.63. The van der Waals surface area contributed by atoms with Crippen molar-refractivity contribution in [3.05, 3.63) is 76.4 Å². The number of para-hydroxylation sites is 1. The first-order chi connectivity index (χ1) is 14.6. The SMILES string of the molecule is COc1ccc(-c2cc(N3CCN(c4ccccc4)CC3)c(C#N)c(=O)o2)c(F)c1. The van der Waals surface area contributed by atoms with E-state index in [1.54, 1.807) is 12.1 Å². The van der Waals surface area contributed by atoms with Gasteiger partial charge in [0.05, 0.1) is 18.4 Å². The summed E-state index contributed by atoms with van der Waals surface area (Å²) < 4.78 is 24.8. The summed E-state index contributed by atoms with van der Waals surface area (Å²) in [5.74, 6) is -0.119. The first-order valence-electron chi connectivity index (χ1n) is 9.58. The van der Waals surface area contributed by atoms with Crippen molar-refractivity contribution >= 4 is 11.4 Å². The van der Waals surface area contributed by atoms with Crippen molar-refractivity contribution in [1.82, 2.24) is 0 Å². The van der Waals surface area contributed by atoms with Crippen molar-refractivity contribution < 1.29 is 13.5 Å². The van der Waals surface area contributed by atoms with Gasteiger partial charge in [0.1, 0.15) is 23.4 Å². The molecule has 0 saturated carbocycles. The Kier molecular flexibility index (Phi) is 5.40. The molecule has 0 unspecified atom stereocenters. The molecule has 3 aromatic rings. The summed E-state index contributed by atoms with van der Waals surface area (Å²) in [5.41, 5.74) is 0.894. The molecular weight excluding hydrogens is 385 g/mol. The number of nitrogens with zero attached hydrogens (tertiary/aromatic N) is 3. The van der Waals surface area contributed by atoms with E-state index in [1.165, 1.54) is 19.2 Å². The number of benzene rings is 2. The van der Waals surface area contributed by atoms with Crippen molar-refractivity contribution in [2.24, 2.45) is 0 Å². The number of methoxy groups -OCH3 is 1. The second-order valence-corrected chi connectivity index (χ2v) is 6.93. The Balaban J connectivity index is 1.65. The maximum atomic E-state index is 14.5. The van der Waals surface area contributed by atoms with Crippen LogP contribution in [-0.4, -0.2) is 33.3 Å². The third-order valence-corrected chi connectivity index (χ3v) is 5.23. The van der Waals surface area contributed by atoms with E-state index in [1.807, 2.05) is 29.2 Å². The normalized spacial score (nSPS) is 13.8. The third-order valence-electron chi connectivity index (χ3n) is 5.23. The molecule has 0 atom stereocenters. The highest BCUT2D eigenvalue weighted by Crippen LogP contribution is 2.30. The first kappa shape index (κ1) is 19.5. The third kappa shape index (κ3) is 3.72. The Labute approximate surface area is 173 Å². The number of hydrogen-bond acceptors (Lipinski definition) is 6. The fourth-order valence-electron chi connectivity index (χ4n) is 3.63. The minimum atomic E-state index is -0.772. The summed E-state index contributed by atoms with van der Waals surface area (Å²) in [6.45, 7) is 2.72. The molecule has 6 nitrogen and oxygen atoms in total. The van der Waals surface area contributed by atoms with Crippen LogP contribution in [0.25, 0.3) is 11.3 Å². The molecule has 0 amide bonds. The van der Waals surface area contributed by atoms with Crippen LogP contribution in [0.15, 0.2) is 63.8 Å². The second-order valence-electron chi connectivity index (χ2n) is 6.93. The van der Waals surface area contributed by atoms with Gasteiger partial charge in [0.2, 0.25) is 0 Å². The van der Waals surface area contributed by atoms with Crippen LogP contribution in [0.1, 0.15) is 5.56 Å². The van der Waals surface area contributed by atoms with Crippen LogP contribution in [0.2, 0.25) is 0 Å².